The number of piperazine rings is 1. The van der Waals surface area contributed by atoms with Gasteiger partial charge in [0.2, 0.25) is 5.88 Å². The molecule has 43 heavy (non-hydrogen) atoms. The third kappa shape index (κ3) is 7.69. The van der Waals surface area contributed by atoms with Crippen molar-refractivity contribution in [3.63, 3.8) is 0 Å². The second kappa shape index (κ2) is 14.3. The Kier molecular flexibility index (Phi) is 10.2. The molecule has 2 aliphatic heterocycles. The molecule has 12 heteroatoms. The highest BCUT2D eigenvalue weighted by Gasteiger charge is 2.35. The van der Waals surface area contributed by atoms with Crippen molar-refractivity contribution in [2.75, 3.05) is 85.0 Å². The molecule has 2 saturated heterocycles. The summed E-state index contributed by atoms with van der Waals surface area (Å²) in [6.07, 6.45) is 0. The summed E-state index contributed by atoms with van der Waals surface area (Å²) in [5.41, 5.74) is 2.12. The zero-order valence-corrected chi connectivity index (χ0v) is 25.1. The maximum Gasteiger partial charge on any atom is 0.320 e. The number of amides is 2. The third-order valence-electron chi connectivity index (χ3n) is 8.25. The molecule has 10 nitrogen and oxygen atoms in total. The standard InChI is InChI=1S/C31H41F2N7O3/c1-22-29(40(24-7-5-4-6-8-24)36-30(22)43-18-16-38-13-11-37(2)12-14-38)35-31(41)34-28-21-39(15-17-42-3)20-25(28)23-9-10-26(32)27(33)19-23/h4-10,19,25,28H,11-18,20-21H2,1-3H3,(H2,34,35,41)/t25-,28+/m0/s1. The second-order valence-corrected chi connectivity index (χ2v) is 11.3. The van der Waals surface area contributed by atoms with Crippen LogP contribution < -0.4 is 15.4 Å². The van der Waals surface area contributed by atoms with Crippen LogP contribution in [0.25, 0.3) is 5.69 Å². The van der Waals surface area contributed by atoms with Crippen LogP contribution in [0.5, 0.6) is 5.88 Å². The van der Waals surface area contributed by atoms with E-state index >= 15 is 0 Å². The van der Waals surface area contributed by atoms with E-state index in [1.807, 2.05) is 37.3 Å². The Hall–Kier alpha value is -3.58. The van der Waals surface area contributed by atoms with E-state index in [1.54, 1.807) is 17.9 Å². The first-order valence-electron chi connectivity index (χ1n) is 14.7. The molecule has 0 spiro atoms. The van der Waals surface area contributed by atoms with Gasteiger partial charge in [0.25, 0.3) is 0 Å². The summed E-state index contributed by atoms with van der Waals surface area (Å²) in [6, 6.07) is 12.7. The molecular weight excluding hydrogens is 556 g/mol. The van der Waals surface area contributed by atoms with Crippen LogP contribution >= 0.6 is 0 Å². The van der Waals surface area contributed by atoms with Crippen molar-refractivity contribution in [2.45, 2.75) is 18.9 Å². The molecule has 2 N–H and O–H groups in total. The number of nitrogens with one attached hydrogen (secondary N) is 2. The predicted molar refractivity (Wildman–Crippen MR) is 161 cm³/mol. The zero-order valence-electron chi connectivity index (χ0n) is 25.1. The number of nitrogens with zero attached hydrogens (tertiary/aromatic N) is 5. The number of urea groups is 1. The molecule has 3 aromatic rings. The SMILES string of the molecule is COCCN1C[C@@H](NC(=O)Nc2c(C)c(OCCN3CCN(C)CC3)nn2-c2ccccc2)[C@H](c2ccc(F)c(F)c2)C1. The summed E-state index contributed by atoms with van der Waals surface area (Å²) in [4.78, 5) is 20.3. The zero-order chi connectivity index (χ0) is 30.3. The lowest BCUT2D eigenvalue weighted by Gasteiger charge is -2.32. The smallest absolute Gasteiger partial charge is 0.320 e. The number of aromatic nitrogens is 2. The predicted octanol–water partition coefficient (Wildman–Crippen LogP) is 3.32. The number of carbonyl (C=O) groups is 1. The number of likely N-dealkylation sites (N-methyl/N-ethyl adjacent to an activating group) is 1. The number of benzene rings is 2. The average molecular weight is 598 g/mol. The number of hydrogen-bond donors (Lipinski definition) is 2. The summed E-state index contributed by atoms with van der Waals surface area (Å²) in [5, 5.41) is 10.8. The fourth-order valence-electron chi connectivity index (χ4n) is 5.69. The number of carbonyl (C=O) groups excluding carboxylic acids is 1. The normalized spacial score (nSPS) is 19.9. The lowest BCUT2D eigenvalue weighted by atomic mass is 9.94. The van der Waals surface area contributed by atoms with Crippen molar-refractivity contribution >= 4 is 11.8 Å². The number of para-hydroxylation sites is 1. The molecule has 5 rings (SSSR count). The van der Waals surface area contributed by atoms with Crippen molar-refractivity contribution in [1.29, 1.82) is 0 Å². The van der Waals surface area contributed by atoms with Gasteiger partial charge in [0.15, 0.2) is 11.6 Å². The molecule has 1 aromatic heterocycles. The molecule has 0 aliphatic carbocycles. The van der Waals surface area contributed by atoms with Crippen molar-refractivity contribution in [3.8, 4) is 11.6 Å². The van der Waals surface area contributed by atoms with Crippen molar-refractivity contribution < 1.29 is 23.0 Å². The number of methoxy groups -OCH3 is 1. The average Bonchev–Trinajstić information content (AvgIpc) is 3.55. The number of halogens is 2. The Morgan fingerprint density at radius 1 is 0.977 bits per heavy atom. The molecule has 0 unspecified atom stereocenters. The number of ether oxygens (including phenoxy) is 2. The Labute approximate surface area is 251 Å². The van der Waals surface area contributed by atoms with Crippen LogP contribution in [0.1, 0.15) is 17.0 Å². The Morgan fingerprint density at radius 3 is 2.44 bits per heavy atom. The largest absolute Gasteiger partial charge is 0.475 e. The molecule has 2 aliphatic rings. The van der Waals surface area contributed by atoms with Crippen LogP contribution in [-0.4, -0.2) is 116 Å². The van der Waals surface area contributed by atoms with E-state index in [0.29, 0.717) is 55.7 Å². The van der Waals surface area contributed by atoms with Gasteiger partial charge in [0.1, 0.15) is 12.4 Å². The van der Waals surface area contributed by atoms with E-state index in [2.05, 4.69) is 32.4 Å². The number of anilines is 1. The van der Waals surface area contributed by atoms with Crippen molar-refractivity contribution in [2.24, 2.45) is 0 Å². The topological polar surface area (TPSA) is 87.1 Å². The summed E-state index contributed by atoms with van der Waals surface area (Å²) < 4.78 is 40.9. The van der Waals surface area contributed by atoms with Gasteiger partial charge in [0, 0.05) is 65.4 Å². The van der Waals surface area contributed by atoms with Crippen LogP contribution in [0.4, 0.5) is 19.4 Å². The fraction of sp³-hybridized carbons (Fsp3) is 0.484. The fourth-order valence-corrected chi connectivity index (χ4v) is 5.69. The third-order valence-corrected chi connectivity index (χ3v) is 8.25. The highest BCUT2D eigenvalue weighted by Crippen LogP contribution is 2.31. The van der Waals surface area contributed by atoms with Crippen molar-refractivity contribution in [3.05, 3.63) is 71.3 Å². The van der Waals surface area contributed by atoms with E-state index in [4.69, 9.17) is 14.6 Å². The lowest BCUT2D eigenvalue weighted by molar-refractivity contribution is 0.132. The lowest BCUT2D eigenvalue weighted by Crippen LogP contribution is -2.45. The van der Waals surface area contributed by atoms with Gasteiger partial charge in [-0.3, -0.25) is 15.1 Å². The quantitative estimate of drug-likeness (QED) is 0.351. The van der Waals surface area contributed by atoms with Gasteiger partial charge < -0.3 is 19.7 Å². The molecule has 2 fully saturated rings. The van der Waals surface area contributed by atoms with Gasteiger partial charge in [0.05, 0.1) is 23.9 Å². The molecule has 0 saturated carbocycles. The first kappa shape index (κ1) is 30.9. The first-order valence-corrected chi connectivity index (χ1v) is 14.7. The minimum atomic E-state index is -0.904. The Bertz CT molecular complexity index is 1360. The minimum Gasteiger partial charge on any atom is -0.475 e. The monoisotopic (exact) mass is 597 g/mol. The molecular formula is C31H41F2N7O3. The van der Waals surface area contributed by atoms with Crippen LogP contribution in [0, 0.1) is 18.6 Å². The number of likely N-dealkylation sites (tertiary alicyclic amines) is 1. The van der Waals surface area contributed by atoms with E-state index < -0.39 is 17.7 Å². The number of rotatable bonds is 11. The molecule has 3 heterocycles. The molecule has 0 bridgehead atoms. The van der Waals surface area contributed by atoms with Gasteiger partial charge in [-0.15, -0.1) is 5.10 Å². The van der Waals surface area contributed by atoms with E-state index in [1.165, 1.54) is 6.07 Å². The van der Waals surface area contributed by atoms with Gasteiger partial charge >= 0.3 is 6.03 Å². The van der Waals surface area contributed by atoms with Gasteiger partial charge in [-0.1, -0.05) is 24.3 Å². The molecule has 232 valence electrons. The number of hydrogen-bond acceptors (Lipinski definition) is 7. The molecule has 2 atom stereocenters. The van der Waals surface area contributed by atoms with Gasteiger partial charge in [-0.2, -0.15) is 0 Å². The summed E-state index contributed by atoms with van der Waals surface area (Å²) in [7, 11) is 3.76. The molecule has 0 radical (unpaired) electrons. The maximum atomic E-state index is 14.1. The minimum absolute atomic E-state index is 0.230. The van der Waals surface area contributed by atoms with Gasteiger partial charge in [-0.25, -0.2) is 18.3 Å². The maximum absolute atomic E-state index is 14.1. The van der Waals surface area contributed by atoms with Crippen LogP contribution in [0.2, 0.25) is 0 Å². The molecule has 2 amide bonds. The van der Waals surface area contributed by atoms with E-state index in [0.717, 1.165) is 44.5 Å². The van der Waals surface area contributed by atoms with Crippen LogP contribution in [-0.2, 0) is 4.74 Å². The first-order chi connectivity index (χ1) is 20.8. The van der Waals surface area contributed by atoms with Crippen LogP contribution in [0.3, 0.4) is 0 Å². The van der Waals surface area contributed by atoms with E-state index in [9.17, 15) is 13.6 Å². The van der Waals surface area contributed by atoms with E-state index in [-0.39, 0.29) is 12.0 Å². The Balaban J connectivity index is 1.31. The van der Waals surface area contributed by atoms with Crippen LogP contribution in [0.15, 0.2) is 48.5 Å². The highest BCUT2D eigenvalue weighted by molar-refractivity contribution is 5.90. The second-order valence-electron chi connectivity index (χ2n) is 11.3. The highest BCUT2D eigenvalue weighted by atomic mass is 19.2. The summed E-state index contributed by atoms with van der Waals surface area (Å²) >= 11 is 0. The van der Waals surface area contributed by atoms with Gasteiger partial charge in [-0.05, 0) is 43.8 Å². The molecule has 2 aromatic carbocycles. The van der Waals surface area contributed by atoms with Crippen molar-refractivity contribution in [1.82, 2.24) is 29.8 Å². The Morgan fingerprint density at radius 2 is 1.72 bits per heavy atom. The summed E-state index contributed by atoms with van der Waals surface area (Å²) in [6.45, 7) is 9.52. The summed E-state index contributed by atoms with van der Waals surface area (Å²) in [5.74, 6) is -1.08.